The van der Waals surface area contributed by atoms with Crippen LogP contribution in [0.25, 0.3) is 0 Å². The average molecular weight is 287 g/mol. The van der Waals surface area contributed by atoms with Gasteiger partial charge in [0.05, 0.1) is 6.20 Å². The number of hydrogen-bond acceptors (Lipinski definition) is 5. The van der Waals surface area contributed by atoms with Crippen molar-refractivity contribution in [3.05, 3.63) is 6.20 Å². The molecule has 108 valence electrons. The van der Waals surface area contributed by atoms with Gasteiger partial charge >= 0.3 is 0 Å². The predicted octanol–water partition coefficient (Wildman–Crippen LogP) is 0.0967. The first-order chi connectivity index (χ1) is 8.79. The van der Waals surface area contributed by atoms with Gasteiger partial charge in [-0.3, -0.25) is 5.10 Å². The van der Waals surface area contributed by atoms with Crippen molar-refractivity contribution in [1.82, 2.24) is 19.4 Å². The SMILES string of the molecule is CN(C)C1(CN(C)S(=O)(=O)c2cn[nH]c2N)CCC1. The Bertz CT molecular complexity index is 547. The summed E-state index contributed by atoms with van der Waals surface area (Å²) in [4.78, 5) is 2.16. The number of rotatable bonds is 5. The molecular formula is C11H21N5O2S. The molecule has 0 aliphatic heterocycles. The summed E-state index contributed by atoms with van der Waals surface area (Å²) in [6.45, 7) is 0.465. The molecule has 2 rings (SSSR count). The summed E-state index contributed by atoms with van der Waals surface area (Å²) in [6.07, 6.45) is 4.42. The third-order valence-corrected chi connectivity index (χ3v) is 5.90. The van der Waals surface area contributed by atoms with Crippen LogP contribution in [0.5, 0.6) is 0 Å². The van der Waals surface area contributed by atoms with Gasteiger partial charge in [0.1, 0.15) is 10.7 Å². The van der Waals surface area contributed by atoms with E-state index in [1.54, 1.807) is 7.05 Å². The van der Waals surface area contributed by atoms with Gasteiger partial charge in [-0.15, -0.1) is 0 Å². The van der Waals surface area contributed by atoms with E-state index in [0.29, 0.717) is 6.54 Å². The van der Waals surface area contributed by atoms with E-state index in [9.17, 15) is 8.42 Å². The van der Waals surface area contributed by atoms with Crippen LogP contribution in [0.3, 0.4) is 0 Å². The molecule has 0 radical (unpaired) electrons. The molecule has 1 aliphatic rings. The van der Waals surface area contributed by atoms with E-state index in [1.807, 2.05) is 14.1 Å². The molecule has 1 aromatic rings. The van der Waals surface area contributed by atoms with Gasteiger partial charge < -0.3 is 10.6 Å². The van der Waals surface area contributed by atoms with Crippen molar-refractivity contribution in [3.63, 3.8) is 0 Å². The van der Waals surface area contributed by atoms with Crippen molar-refractivity contribution in [1.29, 1.82) is 0 Å². The smallest absolute Gasteiger partial charge is 0.248 e. The van der Waals surface area contributed by atoms with E-state index >= 15 is 0 Å². The van der Waals surface area contributed by atoms with Gasteiger partial charge in [-0.25, -0.2) is 8.42 Å². The number of anilines is 1. The van der Waals surface area contributed by atoms with Crippen molar-refractivity contribution < 1.29 is 8.42 Å². The second kappa shape index (κ2) is 4.77. The number of nitrogens with two attached hydrogens (primary N) is 1. The van der Waals surface area contributed by atoms with Crippen LogP contribution in [0.1, 0.15) is 19.3 Å². The summed E-state index contributed by atoms with van der Waals surface area (Å²) < 4.78 is 26.2. The molecule has 0 aromatic carbocycles. The maximum Gasteiger partial charge on any atom is 0.248 e. The molecule has 7 nitrogen and oxygen atoms in total. The summed E-state index contributed by atoms with van der Waals surface area (Å²) in [5.41, 5.74) is 5.54. The molecule has 1 saturated carbocycles. The third kappa shape index (κ3) is 2.35. The summed E-state index contributed by atoms with van der Waals surface area (Å²) >= 11 is 0. The van der Waals surface area contributed by atoms with Gasteiger partial charge in [-0.2, -0.15) is 9.40 Å². The maximum atomic E-state index is 12.4. The highest BCUT2D eigenvalue weighted by Gasteiger charge is 2.42. The molecular weight excluding hydrogens is 266 g/mol. The van der Waals surface area contributed by atoms with Crippen LogP contribution < -0.4 is 5.73 Å². The second-order valence-corrected chi connectivity index (χ2v) is 7.39. The first-order valence-electron chi connectivity index (χ1n) is 6.22. The lowest BCUT2D eigenvalue weighted by atomic mass is 9.75. The molecule has 0 unspecified atom stereocenters. The second-order valence-electron chi connectivity index (χ2n) is 5.38. The van der Waals surface area contributed by atoms with E-state index < -0.39 is 10.0 Å². The molecule has 0 spiro atoms. The molecule has 0 amide bonds. The fourth-order valence-corrected chi connectivity index (χ4v) is 3.75. The van der Waals surface area contributed by atoms with Crippen LogP contribution >= 0.6 is 0 Å². The fraction of sp³-hybridized carbons (Fsp3) is 0.727. The molecule has 0 atom stereocenters. The average Bonchev–Trinajstić information content (AvgIpc) is 2.69. The maximum absolute atomic E-state index is 12.4. The van der Waals surface area contributed by atoms with Crippen LogP contribution in [-0.2, 0) is 10.0 Å². The molecule has 8 heteroatoms. The lowest BCUT2D eigenvalue weighted by Gasteiger charge is -2.48. The van der Waals surface area contributed by atoms with Gasteiger partial charge in [0.25, 0.3) is 0 Å². The quantitative estimate of drug-likeness (QED) is 0.800. The Hall–Kier alpha value is -1.12. The highest BCUT2D eigenvalue weighted by Crippen LogP contribution is 2.37. The summed E-state index contributed by atoms with van der Waals surface area (Å²) in [6, 6.07) is 0. The number of aromatic amines is 1. The number of nitrogens with one attached hydrogen (secondary N) is 1. The standard InChI is InChI=1S/C11H21N5O2S/c1-15(2)11(5-4-6-11)8-16(3)19(17,18)9-7-13-14-10(9)12/h7H,4-6,8H2,1-3H3,(H3,12,13,14). The fourth-order valence-electron chi connectivity index (χ4n) is 2.49. The Morgan fingerprint density at radius 2 is 2.05 bits per heavy atom. The summed E-state index contributed by atoms with van der Waals surface area (Å²) in [7, 11) is 1.99. The van der Waals surface area contributed by atoms with Gasteiger partial charge in [0, 0.05) is 19.1 Å². The Morgan fingerprint density at radius 1 is 1.42 bits per heavy atom. The monoisotopic (exact) mass is 287 g/mol. The van der Waals surface area contributed by atoms with Gasteiger partial charge in [-0.05, 0) is 33.4 Å². The van der Waals surface area contributed by atoms with E-state index in [4.69, 9.17) is 5.73 Å². The van der Waals surface area contributed by atoms with Crippen LogP contribution in [0.4, 0.5) is 5.82 Å². The Balaban J connectivity index is 2.20. The summed E-state index contributed by atoms with van der Waals surface area (Å²) in [5, 5.41) is 6.12. The van der Waals surface area contributed by atoms with Crippen LogP contribution in [0.15, 0.2) is 11.1 Å². The first kappa shape index (κ1) is 14.3. The Morgan fingerprint density at radius 3 is 2.42 bits per heavy atom. The molecule has 1 aromatic heterocycles. The van der Waals surface area contributed by atoms with Gasteiger partial charge in [0.15, 0.2) is 0 Å². The van der Waals surface area contributed by atoms with Crippen molar-refractivity contribution in [2.75, 3.05) is 33.4 Å². The minimum absolute atomic E-state index is 0.0447. The number of nitrogens with zero attached hydrogens (tertiary/aromatic N) is 3. The number of sulfonamides is 1. The zero-order chi connectivity index (χ0) is 14.3. The molecule has 19 heavy (non-hydrogen) atoms. The van der Waals surface area contributed by atoms with E-state index in [0.717, 1.165) is 19.3 Å². The minimum Gasteiger partial charge on any atom is -0.383 e. The van der Waals surface area contributed by atoms with E-state index in [1.165, 1.54) is 10.5 Å². The number of nitrogen functional groups attached to an aromatic ring is 1. The van der Waals surface area contributed by atoms with E-state index in [2.05, 4.69) is 15.1 Å². The van der Waals surface area contributed by atoms with Crippen LogP contribution in [-0.4, -0.2) is 61.0 Å². The molecule has 0 saturated heterocycles. The van der Waals surface area contributed by atoms with Crippen LogP contribution in [0, 0.1) is 0 Å². The molecule has 1 aliphatic carbocycles. The van der Waals surface area contributed by atoms with Crippen molar-refractivity contribution >= 4 is 15.8 Å². The van der Waals surface area contributed by atoms with E-state index in [-0.39, 0.29) is 16.3 Å². The minimum atomic E-state index is -3.58. The van der Waals surface area contributed by atoms with Crippen molar-refractivity contribution in [3.8, 4) is 0 Å². The number of H-pyrrole nitrogens is 1. The van der Waals surface area contributed by atoms with Gasteiger partial charge in [0.2, 0.25) is 10.0 Å². The molecule has 1 heterocycles. The number of aromatic nitrogens is 2. The topological polar surface area (TPSA) is 95.3 Å². The molecule has 0 bridgehead atoms. The Labute approximate surface area is 113 Å². The first-order valence-corrected chi connectivity index (χ1v) is 7.66. The number of likely N-dealkylation sites (N-methyl/N-ethyl adjacent to an activating group) is 2. The summed E-state index contributed by atoms with van der Waals surface area (Å²) in [5.74, 6) is 0.0827. The highest BCUT2D eigenvalue weighted by atomic mass is 32.2. The lowest BCUT2D eigenvalue weighted by Crippen LogP contribution is -2.57. The third-order valence-electron chi connectivity index (χ3n) is 4.07. The zero-order valence-corrected chi connectivity index (χ0v) is 12.4. The Kier molecular flexibility index (Phi) is 3.59. The van der Waals surface area contributed by atoms with Crippen molar-refractivity contribution in [2.45, 2.75) is 29.7 Å². The largest absolute Gasteiger partial charge is 0.383 e. The highest BCUT2D eigenvalue weighted by molar-refractivity contribution is 7.89. The van der Waals surface area contributed by atoms with Crippen LogP contribution in [0.2, 0.25) is 0 Å². The van der Waals surface area contributed by atoms with Crippen molar-refractivity contribution in [2.24, 2.45) is 0 Å². The molecule has 3 N–H and O–H groups in total. The zero-order valence-electron chi connectivity index (χ0n) is 11.5. The normalized spacial score (nSPS) is 18.8. The number of hydrogen-bond donors (Lipinski definition) is 2. The van der Waals surface area contributed by atoms with Gasteiger partial charge in [-0.1, -0.05) is 0 Å². The molecule has 1 fully saturated rings. The predicted molar refractivity (Wildman–Crippen MR) is 73.1 cm³/mol. The lowest BCUT2D eigenvalue weighted by molar-refractivity contribution is 0.0455.